The number of aromatic nitrogens is 1. The third-order valence-corrected chi connectivity index (χ3v) is 1.59. The summed E-state index contributed by atoms with van der Waals surface area (Å²) in [4.78, 5) is 15.4. The summed E-state index contributed by atoms with van der Waals surface area (Å²) in [6.45, 7) is 3.81. The maximum atomic E-state index is 11.5. The Kier molecular flexibility index (Phi) is 3.24. The van der Waals surface area contributed by atoms with Crippen LogP contribution in [-0.2, 0) is 0 Å². The number of amides is 1. The molecule has 1 heterocycles. The first-order valence-corrected chi connectivity index (χ1v) is 4.37. The van der Waals surface area contributed by atoms with Gasteiger partial charge < -0.3 is 5.32 Å². The van der Waals surface area contributed by atoms with Crippen LogP contribution in [0.5, 0.6) is 0 Å². The highest BCUT2D eigenvalue weighted by Gasteiger charge is 2.06. The van der Waals surface area contributed by atoms with Crippen molar-refractivity contribution in [1.29, 1.82) is 0 Å². The number of terminal acetylenes is 1. The third kappa shape index (κ3) is 2.60. The van der Waals surface area contributed by atoms with E-state index in [9.17, 15) is 4.79 Å². The van der Waals surface area contributed by atoms with Crippen molar-refractivity contribution in [2.45, 2.75) is 19.9 Å². The minimum Gasteiger partial charge on any atom is -0.350 e. The molecule has 0 unspecified atom stereocenters. The van der Waals surface area contributed by atoms with Crippen molar-refractivity contribution < 1.29 is 4.79 Å². The standard InChI is InChI=1S/C11H12N2O/c1-4-10-6-5-9(7-12-10)11(14)13-8(2)3/h1,5-8H,2-3H3,(H,13,14). The summed E-state index contributed by atoms with van der Waals surface area (Å²) in [6, 6.07) is 3.43. The van der Waals surface area contributed by atoms with Crippen LogP contribution in [0.15, 0.2) is 18.3 Å². The van der Waals surface area contributed by atoms with Crippen LogP contribution in [0.3, 0.4) is 0 Å². The second-order valence-corrected chi connectivity index (χ2v) is 3.20. The van der Waals surface area contributed by atoms with Gasteiger partial charge in [0.05, 0.1) is 5.56 Å². The van der Waals surface area contributed by atoms with Crippen LogP contribution in [0.4, 0.5) is 0 Å². The maximum absolute atomic E-state index is 11.5. The number of carbonyl (C=O) groups excluding carboxylic acids is 1. The van der Waals surface area contributed by atoms with Gasteiger partial charge >= 0.3 is 0 Å². The Morgan fingerprint density at radius 1 is 1.57 bits per heavy atom. The molecule has 1 amide bonds. The molecule has 3 nitrogen and oxygen atoms in total. The lowest BCUT2D eigenvalue weighted by atomic mass is 10.2. The van der Waals surface area contributed by atoms with Gasteiger partial charge in [-0.3, -0.25) is 4.79 Å². The molecule has 0 aliphatic heterocycles. The van der Waals surface area contributed by atoms with E-state index >= 15 is 0 Å². The molecule has 0 aliphatic rings. The van der Waals surface area contributed by atoms with Gasteiger partial charge in [-0.25, -0.2) is 4.98 Å². The Morgan fingerprint density at radius 3 is 2.71 bits per heavy atom. The van der Waals surface area contributed by atoms with Crippen LogP contribution in [0.2, 0.25) is 0 Å². The van der Waals surface area contributed by atoms with Crippen LogP contribution >= 0.6 is 0 Å². The number of rotatable bonds is 2. The Labute approximate surface area is 83.6 Å². The number of hydrogen-bond acceptors (Lipinski definition) is 2. The SMILES string of the molecule is C#Cc1ccc(C(=O)NC(C)C)cn1. The van der Waals surface area contributed by atoms with E-state index in [0.29, 0.717) is 11.3 Å². The third-order valence-electron chi connectivity index (χ3n) is 1.59. The highest BCUT2D eigenvalue weighted by molar-refractivity contribution is 5.94. The second kappa shape index (κ2) is 4.43. The quantitative estimate of drug-likeness (QED) is 0.708. The van der Waals surface area contributed by atoms with Crippen molar-refractivity contribution in [2.24, 2.45) is 0 Å². The highest BCUT2D eigenvalue weighted by atomic mass is 16.1. The highest BCUT2D eigenvalue weighted by Crippen LogP contribution is 1.99. The van der Waals surface area contributed by atoms with Gasteiger partial charge in [0.15, 0.2) is 0 Å². The van der Waals surface area contributed by atoms with Crippen molar-refractivity contribution in [3.63, 3.8) is 0 Å². The molecule has 1 aromatic rings. The molecule has 3 heteroatoms. The van der Waals surface area contributed by atoms with E-state index in [-0.39, 0.29) is 11.9 Å². The molecule has 0 atom stereocenters. The van der Waals surface area contributed by atoms with Crippen LogP contribution < -0.4 is 5.32 Å². The van der Waals surface area contributed by atoms with Gasteiger partial charge in [0.1, 0.15) is 5.69 Å². The van der Waals surface area contributed by atoms with Crippen molar-refractivity contribution in [1.82, 2.24) is 10.3 Å². The number of carbonyl (C=O) groups is 1. The van der Waals surface area contributed by atoms with Crippen LogP contribution in [0, 0.1) is 12.3 Å². The van der Waals surface area contributed by atoms with Gasteiger partial charge in [0.25, 0.3) is 5.91 Å². The van der Waals surface area contributed by atoms with E-state index in [1.54, 1.807) is 12.1 Å². The average molecular weight is 188 g/mol. The lowest BCUT2D eigenvalue weighted by molar-refractivity contribution is 0.0943. The molecule has 0 bridgehead atoms. The molecule has 0 spiro atoms. The van der Waals surface area contributed by atoms with Gasteiger partial charge in [-0.2, -0.15) is 0 Å². The van der Waals surface area contributed by atoms with Crippen molar-refractivity contribution in [3.8, 4) is 12.3 Å². The summed E-state index contributed by atoms with van der Waals surface area (Å²) >= 11 is 0. The number of pyridine rings is 1. The summed E-state index contributed by atoms with van der Waals surface area (Å²) < 4.78 is 0. The lowest BCUT2D eigenvalue weighted by Crippen LogP contribution is -2.30. The normalized spacial score (nSPS) is 9.57. The van der Waals surface area contributed by atoms with E-state index in [0.717, 1.165) is 0 Å². The predicted octanol–water partition coefficient (Wildman–Crippen LogP) is 1.20. The molecular formula is C11H12N2O. The zero-order valence-corrected chi connectivity index (χ0v) is 8.24. The van der Waals surface area contributed by atoms with E-state index in [4.69, 9.17) is 6.42 Å². The zero-order chi connectivity index (χ0) is 10.6. The van der Waals surface area contributed by atoms with Gasteiger partial charge in [-0.1, -0.05) is 5.92 Å². The molecule has 0 saturated carbocycles. The minimum atomic E-state index is -0.129. The average Bonchev–Trinajstić information content (AvgIpc) is 2.17. The molecule has 72 valence electrons. The monoisotopic (exact) mass is 188 g/mol. The molecule has 0 saturated heterocycles. The largest absolute Gasteiger partial charge is 0.350 e. The Morgan fingerprint density at radius 2 is 2.29 bits per heavy atom. The number of hydrogen-bond donors (Lipinski definition) is 1. The Balaban J connectivity index is 2.78. The zero-order valence-electron chi connectivity index (χ0n) is 8.24. The molecule has 0 aliphatic carbocycles. The Bertz CT molecular complexity index is 360. The fraction of sp³-hybridized carbons (Fsp3) is 0.273. The van der Waals surface area contributed by atoms with Crippen LogP contribution in [-0.4, -0.2) is 16.9 Å². The first kappa shape index (κ1) is 10.3. The van der Waals surface area contributed by atoms with Crippen molar-refractivity contribution >= 4 is 5.91 Å². The molecule has 14 heavy (non-hydrogen) atoms. The van der Waals surface area contributed by atoms with E-state index < -0.39 is 0 Å². The van der Waals surface area contributed by atoms with Crippen LogP contribution in [0.25, 0.3) is 0 Å². The minimum absolute atomic E-state index is 0.120. The lowest BCUT2D eigenvalue weighted by Gasteiger charge is -2.07. The summed E-state index contributed by atoms with van der Waals surface area (Å²) in [5, 5.41) is 2.77. The Hall–Kier alpha value is -1.82. The second-order valence-electron chi connectivity index (χ2n) is 3.20. The molecule has 0 radical (unpaired) electrons. The first-order valence-electron chi connectivity index (χ1n) is 4.37. The van der Waals surface area contributed by atoms with Crippen molar-refractivity contribution in [3.05, 3.63) is 29.6 Å². The smallest absolute Gasteiger partial charge is 0.253 e. The van der Waals surface area contributed by atoms with E-state index in [1.165, 1.54) is 6.20 Å². The topological polar surface area (TPSA) is 42.0 Å². The fourth-order valence-electron chi connectivity index (χ4n) is 0.959. The molecule has 1 aromatic heterocycles. The van der Waals surface area contributed by atoms with E-state index in [1.807, 2.05) is 13.8 Å². The summed E-state index contributed by atoms with van der Waals surface area (Å²) in [6.07, 6.45) is 6.62. The molecule has 1 N–H and O–H groups in total. The van der Waals surface area contributed by atoms with Crippen molar-refractivity contribution in [2.75, 3.05) is 0 Å². The van der Waals surface area contributed by atoms with Gasteiger partial charge in [0, 0.05) is 12.2 Å². The predicted molar refractivity (Wildman–Crippen MR) is 54.8 cm³/mol. The van der Waals surface area contributed by atoms with Gasteiger partial charge in [0.2, 0.25) is 0 Å². The summed E-state index contributed by atoms with van der Waals surface area (Å²) in [5.74, 6) is 2.26. The van der Waals surface area contributed by atoms with Gasteiger partial charge in [-0.05, 0) is 26.0 Å². The molecule has 1 rings (SSSR count). The van der Waals surface area contributed by atoms with E-state index in [2.05, 4.69) is 16.2 Å². The number of nitrogens with zero attached hydrogens (tertiary/aromatic N) is 1. The fourth-order valence-corrected chi connectivity index (χ4v) is 0.959. The summed E-state index contributed by atoms with van der Waals surface area (Å²) in [7, 11) is 0. The summed E-state index contributed by atoms with van der Waals surface area (Å²) in [5.41, 5.74) is 1.06. The molecular weight excluding hydrogens is 176 g/mol. The van der Waals surface area contributed by atoms with Crippen LogP contribution in [0.1, 0.15) is 29.9 Å². The van der Waals surface area contributed by atoms with Gasteiger partial charge in [-0.15, -0.1) is 6.42 Å². The molecule has 0 aromatic carbocycles. The molecule has 0 fully saturated rings. The first-order chi connectivity index (χ1) is 6.63. The number of nitrogens with one attached hydrogen (secondary N) is 1. The maximum Gasteiger partial charge on any atom is 0.253 e.